The summed E-state index contributed by atoms with van der Waals surface area (Å²) >= 11 is 10.3. The minimum absolute atomic E-state index is 0.673. The van der Waals surface area contributed by atoms with Gasteiger partial charge >= 0.3 is 0 Å². The largest absolute Gasteiger partial charge is 0.299 e. The Balaban J connectivity index is 2.31. The molecule has 0 unspecified atom stereocenters. The van der Waals surface area contributed by atoms with Gasteiger partial charge in [0.1, 0.15) is 5.82 Å². The Kier molecular flexibility index (Phi) is 2.85. The molecule has 0 spiro atoms. The van der Waals surface area contributed by atoms with E-state index in [1.807, 2.05) is 17.6 Å². The zero-order chi connectivity index (χ0) is 10.1. The maximum absolute atomic E-state index is 5.12. The number of H-pyrrole nitrogens is 1. The van der Waals surface area contributed by atoms with Crippen molar-refractivity contribution in [3.8, 4) is 0 Å². The summed E-state index contributed by atoms with van der Waals surface area (Å²) in [7, 11) is 0. The maximum atomic E-state index is 5.12. The summed E-state index contributed by atoms with van der Waals surface area (Å²) in [5.41, 5.74) is 0. The van der Waals surface area contributed by atoms with Crippen LogP contribution in [-0.2, 0) is 6.54 Å². The number of aromatic nitrogens is 3. The van der Waals surface area contributed by atoms with Gasteiger partial charge in [-0.15, -0.1) is 11.3 Å². The quantitative estimate of drug-likeness (QED) is 0.862. The van der Waals surface area contributed by atoms with E-state index in [9.17, 15) is 0 Å². The smallest absolute Gasteiger partial charge is 0.195 e. The monoisotopic (exact) mass is 289 g/mol. The molecule has 0 fully saturated rings. The highest BCUT2D eigenvalue weighted by atomic mass is 79.9. The van der Waals surface area contributed by atoms with Crippen molar-refractivity contribution in [3.05, 3.63) is 31.4 Å². The second-order valence-corrected chi connectivity index (χ2v) is 5.80. The highest BCUT2D eigenvalue weighted by Gasteiger charge is 2.03. The number of nitrogens with zero attached hydrogens (tertiary/aromatic N) is 2. The third-order valence-electron chi connectivity index (χ3n) is 1.89. The van der Waals surface area contributed by atoms with Gasteiger partial charge in [-0.2, -0.15) is 5.10 Å². The lowest BCUT2D eigenvalue weighted by Crippen LogP contribution is -2.00. The van der Waals surface area contributed by atoms with Crippen LogP contribution < -0.4 is 0 Å². The molecule has 0 saturated carbocycles. The number of halogens is 1. The summed E-state index contributed by atoms with van der Waals surface area (Å²) in [6.45, 7) is 2.73. The fourth-order valence-electron chi connectivity index (χ4n) is 1.18. The molecule has 0 saturated heterocycles. The van der Waals surface area contributed by atoms with Gasteiger partial charge in [0, 0.05) is 4.88 Å². The van der Waals surface area contributed by atoms with Crippen molar-refractivity contribution in [3.63, 3.8) is 0 Å². The average Bonchev–Trinajstić information content (AvgIpc) is 2.67. The van der Waals surface area contributed by atoms with Crippen LogP contribution in [0.5, 0.6) is 0 Å². The predicted octanol–water partition coefficient (Wildman–Crippen LogP) is 3.12. The van der Waals surface area contributed by atoms with Gasteiger partial charge in [-0.25, -0.2) is 0 Å². The van der Waals surface area contributed by atoms with E-state index in [0.29, 0.717) is 4.77 Å². The third kappa shape index (κ3) is 1.97. The van der Waals surface area contributed by atoms with Crippen molar-refractivity contribution < 1.29 is 0 Å². The van der Waals surface area contributed by atoms with Crippen molar-refractivity contribution in [2.75, 3.05) is 0 Å². The molecule has 0 aromatic carbocycles. The van der Waals surface area contributed by atoms with Gasteiger partial charge in [-0.1, -0.05) is 0 Å². The molecule has 0 aliphatic rings. The summed E-state index contributed by atoms with van der Waals surface area (Å²) < 4.78 is 3.79. The van der Waals surface area contributed by atoms with E-state index in [-0.39, 0.29) is 0 Å². The van der Waals surface area contributed by atoms with Gasteiger partial charge in [0.05, 0.1) is 10.3 Å². The molecule has 2 rings (SSSR count). The number of nitrogens with one attached hydrogen (secondary N) is 1. The van der Waals surface area contributed by atoms with Crippen molar-refractivity contribution in [1.82, 2.24) is 14.8 Å². The number of aromatic amines is 1. The Morgan fingerprint density at radius 2 is 2.43 bits per heavy atom. The van der Waals surface area contributed by atoms with Gasteiger partial charge < -0.3 is 0 Å². The first-order chi connectivity index (χ1) is 6.66. The Morgan fingerprint density at radius 3 is 2.93 bits per heavy atom. The van der Waals surface area contributed by atoms with Crippen LogP contribution in [0.1, 0.15) is 10.7 Å². The van der Waals surface area contributed by atoms with Crippen LogP contribution in [0.25, 0.3) is 0 Å². The second-order valence-electron chi connectivity index (χ2n) is 2.87. The molecule has 0 aliphatic carbocycles. The lowest BCUT2D eigenvalue weighted by Gasteiger charge is -2.00. The average molecular weight is 290 g/mol. The van der Waals surface area contributed by atoms with E-state index in [1.165, 1.54) is 4.88 Å². The second kappa shape index (κ2) is 3.96. The van der Waals surface area contributed by atoms with Crippen LogP contribution in [-0.4, -0.2) is 14.8 Å². The third-order valence-corrected chi connectivity index (χ3v) is 3.81. The number of thiophene rings is 1. The zero-order valence-electron chi connectivity index (χ0n) is 7.45. The number of hydrogen-bond acceptors (Lipinski definition) is 3. The van der Waals surface area contributed by atoms with Crippen LogP contribution in [0.2, 0.25) is 0 Å². The molecule has 2 heterocycles. The first-order valence-electron chi connectivity index (χ1n) is 4.03. The zero-order valence-corrected chi connectivity index (χ0v) is 10.7. The summed E-state index contributed by atoms with van der Waals surface area (Å²) in [4.78, 5) is 1.26. The molecule has 1 N–H and O–H groups in total. The first kappa shape index (κ1) is 10.1. The predicted molar refractivity (Wildman–Crippen MR) is 63.3 cm³/mol. The fourth-order valence-corrected chi connectivity index (χ4v) is 2.89. The number of hydrogen-bond donors (Lipinski definition) is 1. The molecule has 74 valence electrons. The van der Waals surface area contributed by atoms with E-state index in [1.54, 1.807) is 11.3 Å². The molecular weight excluding hydrogens is 282 g/mol. The standard InChI is InChI=1S/C8H8BrN3S2/c1-5-10-11-8(13)12(5)4-6-2-3-7(9)14-6/h2-3H,4H2,1H3,(H,11,13). The minimum atomic E-state index is 0.673. The van der Waals surface area contributed by atoms with Crippen molar-refractivity contribution in [2.45, 2.75) is 13.5 Å². The van der Waals surface area contributed by atoms with Gasteiger partial charge in [0.2, 0.25) is 0 Å². The lowest BCUT2D eigenvalue weighted by molar-refractivity contribution is 0.761. The van der Waals surface area contributed by atoms with Crippen LogP contribution in [0.4, 0.5) is 0 Å². The van der Waals surface area contributed by atoms with Crippen molar-refractivity contribution >= 4 is 39.5 Å². The summed E-state index contributed by atoms with van der Waals surface area (Å²) in [5.74, 6) is 0.916. The molecule has 0 atom stereocenters. The first-order valence-corrected chi connectivity index (χ1v) is 6.04. The van der Waals surface area contributed by atoms with E-state index >= 15 is 0 Å². The molecule has 14 heavy (non-hydrogen) atoms. The topological polar surface area (TPSA) is 33.6 Å². The lowest BCUT2D eigenvalue weighted by atomic mass is 10.4. The Hall–Kier alpha value is -0.460. The van der Waals surface area contributed by atoms with Crippen LogP contribution in [0.15, 0.2) is 15.9 Å². The summed E-state index contributed by atoms with van der Waals surface area (Å²) in [6, 6.07) is 4.13. The molecular formula is C8H8BrN3S2. The van der Waals surface area contributed by atoms with Crippen LogP contribution >= 0.6 is 39.5 Å². The van der Waals surface area contributed by atoms with Crippen molar-refractivity contribution in [1.29, 1.82) is 0 Å². The Bertz CT molecular complexity index is 497. The maximum Gasteiger partial charge on any atom is 0.195 e. The molecule has 3 nitrogen and oxygen atoms in total. The van der Waals surface area contributed by atoms with E-state index in [2.05, 4.69) is 32.2 Å². The molecule has 2 aromatic heterocycles. The normalized spacial score (nSPS) is 10.7. The minimum Gasteiger partial charge on any atom is -0.299 e. The SMILES string of the molecule is Cc1n[nH]c(=S)n1Cc1ccc(Br)s1. The summed E-state index contributed by atoms with van der Waals surface area (Å²) in [6.07, 6.45) is 0. The molecule has 0 bridgehead atoms. The molecule has 2 aromatic rings. The van der Waals surface area contributed by atoms with Crippen molar-refractivity contribution in [2.24, 2.45) is 0 Å². The molecule has 0 amide bonds. The van der Waals surface area contributed by atoms with Gasteiger partial charge in [0.15, 0.2) is 4.77 Å². The van der Waals surface area contributed by atoms with E-state index < -0.39 is 0 Å². The number of aryl methyl sites for hydroxylation is 1. The van der Waals surface area contributed by atoms with E-state index in [4.69, 9.17) is 12.2 Å². The molecule has 0 aliphatic heterocycles. The van der Waals surface area contributed by atoms with Gasteiger partial charge in [-0.05, 0) is 47.2 Å². The van der Waals surface area contributed by atoms with Gasteiger partial charge in [0.25, 0.3) is 0 Å². The van der Waals surface area contributed by atoms with E-state index in [0.717, 1.165) is 16.2 Å². The summed E-state index contributed by atoms with van der Waals surface area (Å²) in [5, 5.41) is 6.83. The van der Waals surface area contributed by atoms with Crippen LogP contribution in [0.3, 0.4) is 0 Å². The highest BCUT2D eigenvalue weighted by molar-refractivity contribution is 9.11. The van der Waals surface area contributed by atoms with Crippen LogP contribution in [0, 0.1) is 11.7 Å². The number of rotatable bonds is 2. The molecule has 0 radical (unpaired) electrons. The molecule has 6 heteroatoms. The van der Waals surface area contributed by atoms with Gasteiger partial charge in [-0.3, -0.25) is 9.67 Å². The fraction of sp³-hybridized carbons (Fsp3) is 0.250. The Morgan fingerprint density at radius 1 is 1.64 bits per heavy atom. The highest BCUT2D eigenvalue weighted by Crippen LogP contribution is 2.22. The Labute approximate surface area is 98.9 Å².